The lowest BCUT2D eigenvalue weighted by Crippen LogP contribution is -2.37. The molecule has 0 aliphatic carbocycles. The highest BCUT2D eigenvalue weighted by atomic mass is 16.5. The molecule has 0 saturated carbocycles. The van der Waals surface area contributed by atoms with Crippen LogP contribution in [-0.2, 0) is 12.1 Å². The average Bonchev–Trinajstić information content (AvgIpc) is 3.28. The molecule has 1 unspecified atom stereocenters. The molecule has 2 heterocycles. The standard InChI is InChI=1S/C24H36N6O3/c1-6-9-21(22-26-27-28-30(22)24(4,5)7-2)29(12-13-31)16-18-14-17-15-19(33-8-3)10-11-20(17)25-23(18)32/h10-11,14-15,21,31H,6-9,12-13,16H2,1-5H3,(H,25,32). The summed E-state index contributed by atoms with van der Waals surface area (Å²) in [5, 5.41) is 23.4. The molecule has 2 N–H and O–H groups in total. The first-order valence-corrected chi connectivity index (χ1v) is 11.8. The minimum atomic E-state index is -0.244. The van der Waals surface area contributed by atoms with Crippen molar-refractivity contribution >= 4 is 10.9 Å². The first-order valence-electron chi connectivity index (χ1n) is 11.8. The van der Waals surface area contributed by atoms with Gasteiger partial charge in [0.15, 0.2) is 5.82 Å². The summed E-state index contributed by atoms with van der Waals surface area (Å²) in [5.41, 5.74) is 1.00. The number of hydrogen-bond acceptors (Lipinski definition) is 7. The number of H-pyrrole nitrogens is 1. The van der Waals surface area contributed by atoms with E-state index in [0.717, 1.165) is 41.7 Å². The van der Waals surface area contributed by atoms with Crippen LogP contribution in [0.25, 0.3) is 10.9 Å². The largest absolute Gasteiger partial charge is 0.494 e. The van der Waals surface area contributed by atoms with Crippen LogP contribution in [0, 0.1) is 0 Å². The lowest BCUT2D eigenvalue weighted by molar-refractivity contribution is 0.122. The molecule has 9 nitrogen and oxygen atoms in total. The fraction of sp³-hybridized carbons (Fsp3) is 0.583. The van der Waals surface area contributed by atoms with E-state index in [-0.39, 0.29) is 23.7 Å². The van der Waals surface area contributed by atoms with Crippen LogP contribution < -0.4 is 10.3 Å². The van der Waals surface area contributed by atoms with Crippen molar-refractivity contribution in [2.45, 2.75) is 72.0 Å². The molecule has 0 spiro atoms. The number of aromatic nitrogens is 5. The SMILES string of the molecule is CCCC(c1nnnn1C(C)(C)CC)N(CCO)Cc1cc2cc(OCC)ccc2[nH]c1=O. The van der Waals surface area contributed by atoms with Crippen molar-refractivity contribution in [3.05, 3.63) is 46.0 Å². The van der Waals surface area contributed by atoms with Gasteiger partial charge in [-0.1, -0.05) is 20.3 Å². The molecule has 0 saturated heterocycles. The van der Waals surface area contributed by atoms with Crippen molar-refractivity contribution in [2.24, 2.45) is 0 Å². The van der Waals surface area contributed by atoms with E-state index in [2.05, 4.69) is 53.1 Å². The number of aliphatic hydroxyl groups is 1. The summed E-state index contributed by atoms with van der Waals surface area (Å²) in [7, 11) is 0. The summed E-state index contributed by atoms with van der Waals surface area (Å²) in [5.74, 6) is 1.52. The number of fused-ring (bicyclic) bond motifs is 1. The minimum absolute atomic E-state index is 0.0288. The monoisotopic (exact) mass is 456 g/mol. The Kier molecular flexibility index (Phi) is 8.20. The van der Waals surface area contributed by atoms with Crippen LogP contribution in [0.15, 0.2) is 29.1 Å². The first kappa shape index (κ1) is 24.9. The third-order valence-electron chi connectivity index (χ3n) is 6.20. The summed E-state index contributed by atoms with van der Waals surface area (Å²) in [6.45, 7) is 11.7. The third-order valence-corrected chi connectivity index (χ3v) is 6.20. The number of pyridine rings is 1. The Hall–Kier alpha value is -2.78. The number of benzene rings is 1. The molecule has 1 aromatic carbocycles. The van der Waals surface area contributed by atoms with Gasteiger partial charge in [-0.3, -0.25) is 9.69 Å². The molecule has 9 heteroatoms. The Labute approximate surface area is 194 Å². The number of rotatable bonds is 12. The van der Waals surface area contributed by atoms with Crippen LogP contribution in [0.3, 0.4) is 0 Å². The number of aromatic amines is 1. The van der Waals surface area contributed by atoms with Gasteiger partial charge in [0.05, 0.1) is 24.8 Å². The topological polar surface area (TPSA) is 109 Å². The van der Waals surface area contributed by atoms with Gasteiger partial charge >= 0.3 is 0 Å². The normalized spacial score (nSPS) is 13.1. The fourth-order valence-corrected chi connectivity index (χ4v) is 4.03. The van der Waals surface area contributed by atoms with Gasteiger partial charge in [-0.15, -0.1) is 5.10 Å². The highest BCUT2D eigenvalue weighted by molar-refractivity contribution is 5.80. The van der Waals surface area contributed by atoms with Crippen molar-refractivity contribution in [3.8, 4) is 5.75 Å². The van der Waals surface area contributed by atoms with Gasteiger partial charge in [0.2, 0.25) is 0 Å². The predicted octanol–water partition coefficient (Wildman–Crippen LogP) is 3.39. The molecule has 2 aromatic heterocycles. The maximum atomic E-state index is 12.9. The number of aliphatic hydroxyl groups excluding tert-OH is 1. The molecule has 0 amide bonds. The van der Waals surface area contributed by atoms with Crippen LogP contribution in [-0.4, -0.2) is 55.0 Å². The summed E-state index contributed by atoms with van der Waals surface area (Å²) < 4.78 is 7.50. The van der Waals surface area contributed by atoms with Crippen molar-refractivity contribution in [1.29, 1.82) is 0 Å². The molecule has 0 aliphatic rings. The molecule has 0 bridgehead atoms. The fourth-order valence-electron chi connectivity index (χ4n) is 4.03. The minimum Gasteiger partial charge on any atom is -0.494 e. The van der Waals surface area contributed by atoms with Gasteiger partial charge < -0.3 is 14.8 Å². The van der Waals surface area contributed by atoms with Crippen LogP contribution in [0.4, 0.5) is 0 Å². The number of tetrazole rings is 1. The number of hydrogen-bond donors (Lipinski definition) is 2. The van der Waals surface area contributed by atoms with Gasteiger partial charge in [0, 0.05) is 29.6 Å². The Bertz CT molecular complexity index is 1110. The molecular formula is C24H36N6O3. The second-order valence-electron chi connectivity index (χ2n) is 8.92. The van der Waals surface area contributed by atoms with Gasteiger partial charge in [-0.2, -0.15) is 0 Å². The van der Waals surface area contributed by atoms with Gasteiger partial charge in [0.1, 0.15) is 5.75 Å². The van der Waals surface area contributed by atoms with Gasteiger partial charge in [0.25, 0.3) is 5.56 Å². The van der Waals surface area contributed by atoms with E-state index in [0.29, 0.717) is 25.3 Å². The molecular weight excluding hydrogens is 420 g/mol. The lowest BCUT2D eigenvalue weighted by Gasteiger charge is -2.33. The average molecular weight is 457 g/mol. The van der Waals surface area contributed by atoms with Crippen molar-refractivity contribution in [1.82, 2.24) is 30.1 Å². The zero-order valence-corrected chi connectivity index (χ0v) is 20.3. The smallest absolute Gasteiger partial charge is 0.252 e. The molecule has 180 valence electrons. The van der Waals surface area contributed by atoms with E-state index in [1.54, 1.807) is 0 Å². The third kappa shape index (κ3) is 5.59. The van der Waals surface area contributed by atoms with Crippen molar-refractivity contribution in [3.63, 3.8) is 0 Å². The maximum Gasteiger partial charge on any atom is 0.252 e. The quantitative estimate of drug-likeness (QED) is 0.430. The maximum absolute atomic E-state index is 12.9. The Morgan fingerprint density at radius 1 is 1.24 bits per heavy atom. The number of nitrogens with one attached hydrogen (secondary N) is 1. The first-order chi connectivity index (χ1) is 15.8. The van der Waals surface area contributed by atoms with E-state index in [1.165, 1.54) is 0 Å². The summed E-state index contributed by atoms with van der Waals surface area (Å²) in [6.07, 6.45) is 2.59. The van der Waals surface area contributed by atoms with Crippen LogP contribution >= 0.6 is 0 Å². The Morgan fingerprint density at radius 3 is 2.70 bits per heavy atom. The Morgan fingerprint density at radius 2 is 2.03 bits per heavy atom. The molecule has 33 heavy (non-hydrogen) atoms. The zero-order valence-electron chi connectivity index (χ0n) is 20.3. The van der Waals surface area contributed by atoms with E-state index >= 15 is 0 Å². The lowest BCUT2D eigenvalue weighted by atomic mass is 10.0. The van der Waals surface area contributed by atoms with E-state index in [9.17, 15) is 9.90 Å². The highest BCUT2D eigenvalue weighted by Crippen LogP contribution is 2.30. The zero-order chi connectivity index (χ0) is 24.0. The van der Waals surface area contributed by atoms with E-state index in [1.807, 2.05) is 35.9 Å². The van der Waals surface area contributed by atoms with E-state index < -0.39 is 0 Å². The second kappa shape index (κ2) is 10.9. The summed E-state index contributed by atoms with van der Waals surface area (Å²) in [6, 6.07) is 7.42. The molecule has 0 fully saturated rings. The molecule has 3 aromatic rings. The Balaban J connectivity index is 2.01. The summed E-state index contributed by atoms with van der Waals surface area (Å²) >= 11 is 0. The second-order valence-corrected chi connectivity index (χ2v) is 8.92. The molecule has 3 rings (SSSR count). The number of ether oxygens (including phenoxy) is 1. The molecule has 1 atom stereocenters. The van der Waals surface area contributed by atoms with Crippen LogP contribution in [0.1, 0.15) is 71.3 Å². The summed E-state index contributed by atoms with van der Waals surface area (Å²) in [4.78, 5) is 18.0. The highest BCUT2D eigenvalue weighted by Gasteiger charge is 2.31. The van der Waals surface area contributed by atoms with Crippen LogP contribution in [0.5, 0.6) is 5.75 Å². The number of nitrogens with zero attached hydrogens (tertiary/aromatic N) is 5. The van der Waals surface area contributed by atoms with E-state index in [4.69, 9.17) is 4.74 Å². The van der Waals surface area contributed by atoms with Crippen molar-refractivity contribution < 1.29 is 9.84 Å². The predicted molar refractivity (Wildman–Crippen MR) is 128 cm³/mol. The van der Waals surface area contributed by atoms with Gasteiger partial charge in [-0.05, 0) is 68.3 Å². The molecule has 0 aliphatic heterocycles. The van der Waals surface area contributed by atoms with Gasteiger partial charge in [-0.25, -0.2) is 4.68 Å². The van der Waals surface area contributed by atoms with Crippen LogP contribution in [0.2, 0.25) is 0 Å². The molecule has 0 radical (unpaired) electrons. The van der Waals surface area contributed by atoms with Crippen molar-refractivity contribution in [2.75, 3.05) is 19.8 Å².